The first-order valence-electron chi connectivity index (χ1n) is 6.47. The summed E-state index contributed by atoms with van der Waals surface area (Å²) >= 11 is 0. The molecule has 1 aromatic rings. The Balaban J connectivity index is 2.56. The van der Waals surface area contributed by atoms with Gasteiger partial charge in [0.2, 0.25) is 0 Å². The maximum absolute atomic E-state index is 11.0. The normalized spacial score (nSPS) is 10.8. The number of hydrogen-bond donors (Lipinski definition) is 2. The smallest absolute Gasteiger partial charge is 0.358 e. The number of rotatable bonds is 9. The minimum absolute atomic E-state index is 0.0761. The lowest BCUT2D eigenvalue weighted by molar-refractivity contribution is 0.0689. The fourth-order valence-electron chi connectivity index (χ4n) is 1.89. The van der Waals surface area contributed by atoms with Gasteiger partial charge in [-0.05, 0) is 19.3 Å². The lowest BCUT2D eigenvalue weighted by Gasteiger charge is -2.05. The summed E-state index contributed by atoms with van der Waals surface area (Å²) in [6.45, 7) is 2.93. The molecule has 0 fully saturated rings. The summed E-state index contributed by atoms with van der Waals surface area (Å²) in [5.41, 5.74) is 0.791. The van der Waals surface area contributed by atoms with Crippen LogP contribution >= 0.6 is 0 Å². The van der Waals surface area contributed by atoms with Gasteiger partial charge in [-0.2, -0.15) is 0 Å². The molecule has 0 aliphatic carbocycles. The Bertz CT molecular complexity index is 377. The predicted octanol–water partition coefficient (Wildman–Crippen LogP) is 1.48. The van der Waals surface area contributed by atoms with E-state index in [2.05, 4.69) is 10.3 Å². The van der Waals surface area contributed by atoms with Crippen LogP contribution in [0.3, 0.4) is 0 Å². The Morgan fingerprint density at radius 1 is 1.28 bits per heavy atom. The van der Waals surface area contributed by atoms with E-state index >= 15 is 0 Å². The molecule has 0 aliphatic rings. The van der Waals surface area contributed by atoms with Crippen molar-refractivity contribution < 1.29 is 15.0 Å². The molecule has 0 bridgehead atoms. The zero-order valence-electron chi connectivity index (χ0n) is 10.8. The van der Waals surface area contributed by atoms with E-state index in [4.69, 9.17) is 10.2 Å². The summed E-state index contributed by atoms with van der Waals surface area (Å²) in [5.74, 6) is -1.01. The molecule has 0 atom stereocenters. The number of carboxylic acids is 1. The molecule has 0 spiro atoms. The van der Waals surface area contributed by atoms with Crippen molar-refractivity contribution in [2.75, 3.05) is 6.61 Å². The second kappa shape index (κ2) is 7.81. The molecule has 1 aromatic heterocycles. The maximum atomic E-state index is 11.0. The molecule has 0 saturated heterocycles. The van der Waals surface area contributed by atoms with Gasteiger partial charge in [0.1, 0.15) is 0 Å². The molecule has 0 radical (unpaired) electrons. The third-order valence-corrected chi connectivity index (χ3v) is 2.81. The number of aromatic carboxylic acids is 1. The molecule has 6 nitrogen and oxygen atoms in total. The zero-order chi connectivity index (χ0) is 13.4. The number of carboxylic acid groups (broad SMARTS) is 1. The SMILES string of the molecule is CCCc1c(C(=O)O)nnn1CCCCCCO. The maximum Gasteiger partial charge on any atom is 0.358 e. The van der Waals surface area contributed by atoms with Crippen LogP contribution in [0, 0.1) is 0 Å². The second-order valence-corrected chi connectivity index (χ2v) is 4.30. The molecule has 0 aromatic carbocycles. The molecule has 102 valence electrons. The fourth-order valence-corrected chi connectivity index (χ4v) is 1.89. The van der Waals surface area contributed by atoms with E-state index in [-0.39, 0.29) is 12.3 Å². The highest BCUT2D eigenvalue weighted by Crippen LogP contribution is 2.10. The van der Waals surface area contributed by atoms with Gasteiger partial charge in [-0.25, -0.2) is 9.48 Å². The molecule has 6 heteroatoms. The lowest BCUT2D eigenvalue weighted by Crippen LogP contribution is -2.08. The molecule has 1 rings (SSSR count). The van der Waals surface area contributed by atoms with Crippen molar-refractivity contribution in [3.8, 4) is 0 Å². The van der Waals surface area contributed by atoms with E-state index in [0.717, 1.165) is 32.1 Å². The number of unbranched alkanes of at least 4 members (excludes halogenated alkanes) is 3. The number of aliphatic hydroxyl groups is 1. The van der Waals surface area contributed by atoms with E-state index in [0.29, 0.717) is 18.7 Å². The van der Waals surface area contributed by atoms with Crippen LogP contribution in [0.25, 0.3) is 0 Å². The highest BCUT2D eigenvalue weighted by atomic mass is 16.4. The Morgan fingerprint density at radius 3 is 2.61 bits per heavy atom. The first-order valence-corrected chi connectivity index (χ1v) is 6.47. The van der Waals surface area contributed by atoms with Crippen molar-refractivity contribution in [2.24, 2.45) is 0 Å². The van der Waals surface area contributed by atoms with E-state index < -0.39 is 5.97 Å². The monoisotopic (exact) mass is 255 g/mol. The molecule has 2 N–H and O–H groups in total. The highest BCUT2D eigenvalue weighted by Gasteiger charge is 2.17. The van der Waals surface area contributed by atoms with Crippen LogP contribution in [-0.2, 0) is 13.0 Å². The second-order valence-electron chi connectivity index (χ2n) is 4.30. The molecule has 0 amide bonds. The van der Waals surface area contributed by atoms with Crippen molar-refractivity contribution in [3.05, 3.63) is 11.4 Å². The summed E-state index contributed by atoms with van der Waals surface area (Å²) in [5, 5.41) is 25.3. The van der Waals surface area contributed by atoms with Gasteiger partial charge in [-0.1, -0.05) is 31.4 Å². The number of aliphatic hydroxyl groups excluding tert-OH is 1. The number of hydrogen-bond acceptors (Lipinski definition) is 4. The van der Waals surface area contributed by atoms with Crippen molar-refractivity contribution in [2.45, 2.75) is 52.0 Å². The van der Waals surface area contributed by atoms with E-state index in [1.165, 1.54) is 0 Å². The predicted molar refractivity (Wildman–Crippen MR) is 66.5 cm³/mol. The third kappa shape index (κ3) is 4.10. The van der Waals surface area contributed by atoms with Gasteiger partial charge in [0.25, 0.3) is 0 Å². The summed E-state index contributed by atoms with van der Waals surface area (Å²) < 4.78 is 1.70. The van der Waals surface area contributed by atoms with E-state index in [9.17, 15) is 4.79 Å². The quantitative estimate of drug-likeness (QED) is 0.652. The van der Waals surface area contributed by atoms with Gasteiger partial charge in [0.05, 0.1) is 5.69 Å². The Kier molecular flexibility index (Phi) is 6.35. The largest absolute Gasteiger partial charge is 0.476 e. The van der Waals surface area contributed by atoms with Gasteiger partial charge in [-0.3, -0.25) is 0 Å². The van der Waals surface area contributed by atoms with Gasteiger partial charge in [0, 0.05) is 13.2 Å². The summed E-state index contributed by atoms with van der Waals surface area (Å²) in [6.07, 6.45) is 5.30. The zero-order valence-corrected chi connectivity index (χ0v) is 10.8. The van der Waals surface area contributed by atoms with Crippen LogP contribution in [0.4, 0.5) is 0 Å². The fraction of sp³-hybridized carbons (Fsp3) is 0.750. The van der Waals surface area contributed by atoms with Crippen LogP contribution in [0.1, 0.15) is 55.2 Å². The van der Waals surface area contributed by atoms with Crippen molar-refractivity contribution in [1.29, 1.82) is 0 Å². The van der Waals surface area contributed by atoms with Gasteiger partial charge in [0.15, 0.2) is 5.69 Å². The Morgan fingerprint density at radius 2 is 2.00 bits per heavy atom. The molecule has 0 unspecified atom stereocenters. The standard InChI is InChI=1S/C12H21N3O3/c1-2-7-10-11(12(17)18)13-14-15(10)8-5-3-4-6-9-16/h16H,2-9H2,1H3,(H,17,18). The van der Waals surface area contributed by atoms with Crippen LogP contribution < -0.4 is 0 Å². The third-order valence-electron chi connectivity index (χ3n) is 2.81. The minimum atomic E-state index is -1.01. The van der Waals surface area contributed by atoms with Crippen LogP contribution in [0.5, 0.6) is 0 Å². The summed E-state index contributed by atoms with van der Waals surface area (Å²) in [4.78, 5) is 11.0. The van der Waals surface area contributed by atoms with Crippen LogP contribution in [0.15, 0.2) is 0 Å². The average molecular weight is 255 g/mol. The topological polar surface area (TPSA) is 88.2 Å². The first-order chi connectivity index (χ1) is 8.70. The van der Waals surface area contributed by atoms with Crippen molar-refractivity contribution in [1.82, 2.24) is 15.0 Å². The van der Waals surface area contributed by atoms with Gasteiger partial charge >= 0.3 is 5.97 Å². The van der Waals surface area contributed by atoms with Crippen LogP contribution in [0.2, 0.25) is 0 Å². The van der Waals surface area contributed by atoms with Crippen molar-refractivity contribution in [3.63, 3.8) is 0 Å². The molecule has 1 heterocycles. The molecular weight excluding hydrogens is 234 g/mol. The number of nitrogens with zero attached hydrogens (tertiary/aromatic N) is 3. The van der Waals surface area contributed by atoms with E-state index in [1.807, 2.05) is 6.92 Å². The van der Waals surface area contributed by atoms with Crippen LogP contribution in [-0.4, -0.2) is 37.8 Å². The number of aromatic nitrogens is 3. The first kappa shape index (κ1) is 14.6. The lowest BCUT2D eigenvalue weighted by atomic mass is 10.2. The Labute approximate surface area is 107 Å². The molecule has 0 saturated carbocycles. The minimum Gasteiger partial charge on any atom is -0.476 e. The van der Waals surface area contributed by atoms with Gasteiger partial charge < -0.3 is 10.2 Å². The highest BCUT2D eigenvalue weighted by molar-refractivity contribution is 5.86. The van der Waals surface area contributed by atoms with E-state index in [1.54, 1.807) is 4.68 Å². The van der Waals surface area contributed by atoms with Gasteiger partial charge in [-0.15, -0.1) is 5.10 Å². The van der Waals surface area contributed by atoms with Crippen molar-refractivity contribution >= 4 is 5.97 Å². The number of carbonyl (C=O) groups is 1. The average Bonchev–Trinajstić information content (AvgIpc) is 2.73. The Hall–Kier alpha value is -1.43. The molecule has 18 heavy (non-hydrogen) atoms. The molecular formula is C12H21N3O3. The molecule has 0 aliphatic heterocycles. The summed E-state index contributed by atoms with van der Waals surface area (Å²) in [7, 11) is 0. The summed E-state index contributed by atoms with van der Waals surface area (Å²) in [6, 6.07) is 0. The number of aryl methyl sites for hydroxylation is 1.